The minimum absolute atomic E-state index is 0.0335. The molecule has 3 saturated carbocycles. The summed E-state index contributed by atoms with van der Waals surface area (Å²) in [6.45, 7) is 6.27. The van der Waals surface area contributed by atoms with Gasteiger partial charge in [0.25, 0.3) is 0 Å². The topological polar surface area (TPSA) is 86.1 Å². The zero-order valence-corrected chi connectivity index (χ0v) is 20.4. The summed E-state index contributed by atoms with van der Waals surface area (Å²) in [6.07, 6.45) is 9.84. The molecule has 180 valence electrons. The van der Waals surface area contributed by atoms with E-state index in [0.29, 0.717) is 6.42 Å². The van der Waals surface area contributed by atoms with Gasteiger partial charge in [-0.25, -0.2) is 4.79 Å². The van der Waals surface area contributed by atoms with Crippen molar-refractivity contribution in [2.45, 2.75) is 63.8 Å². The van der Waals surface area contributed by atoms with Crippen molar-refractivity contribution in [2.75, 3.05) is 5.88 Å². The number of hydrogen-bond acceptors (Lipinski definition) is 6. The highest BCUT2D eigenvalue weighted by Gasteiger charge is 2.82. The molecule has 34 heavy (non-hydrogen) atoms. The molecule has 4 aliphatic carbocycles. The average Bonchev–Trinajstić information content (AvgIpc) is 3.17. The summed E-state index contributed by atoms with van der Waals surface area (Å²) < 4.78 is 18.0. The number of ether oxygens (including phenoxy) is 2. The Hall–Kier alpha value is -2.18. The van der Waals surface area contributed by atoms with Gasteiger partial charge in [0.05, 0.1) is 18.2 Å². The maximum atomic E-state index is 13.6. The summed E-state index contributed by atoms with van der Waals surface area (Å²) >= 11 is 6.15. The number of halogens is 1. The molecule has 0 radical (unpaired) electrons. The monoisotopic (exact) mass is 484 g/mol. The molecular formula is C27H29ClO6. The van der Waals surface area contributed by atoms with Crippen LogP contribution in [0.4, 0.5) is 0 Å². The summed E-state index contributed by atoms with van der Waals surface area (Å²) in [4.78, 5) is 38.8. The van der Waals surface area contributed by atoms with E-state index in [1.165, 1.54) is 6.26 Å². The van der Waals surface area contributed by atoms with E-state index in [-0.39, 0.29) is 58.1 Å². The molecule has 2 heterocycles. The summed E-state index contributed by atoms with van der Waals surface area (Å²) in [5, 5.41) is 0. The fourth-order valence-electron chi connectivity index (χ4n) is 8.53. The molecule has 1 spiro atoms. The van der Waals surface area contributed by atoms with Crippen LogP contribution in [0, 0.1) is 28.6 Å². The lowest BCUT2D eigenvalue weighted by molar-refractivity contribution is -0.162. The number of Topliss-reactive ketones (excluding diaryl/α,β-unsaturated/α-hetero) is 1. The lowest BCUT2D eigenvalue weighted by Crippen LogP contribution is -2.63. The summed E-state index contributed by atoms with van der Waals surface area (Å²) in [7, 11) is 0. The van der Waals surface area contributed by atoms with Crippen LogP contribution in [-0.2, 0) is 19.1 Å². The molecule has 1 saturated heterocycles. The molecule has 1 aliphatic heterocycles. The van der Waals surface area contributed by atoms with Crippen molar-refractivity contribution in [1.82, 2.24) is 0 Å². The Labute approximate surface area is 203 Å². The second kappa shape index (κ2) is 6.94. The third-order valence-electron chi connectivity index (χ3n) is 9.99. The van der Waals surface area contributed by atoms with Gasteiger partial charge in [0.15, 0.2) is 17.2 Å². The normalized spacial score (nSPS) is 46.0. The molecule has 1 aromatic rings. The molecule has 2 unspecified atom stereocenters. The van der Waals surface area contributed by atoms with Crippen molar-refractivity contribution < 1.29 is 28.3 Å². The van der Waals surface area contributed by atoms with Crippen LogP contribution in [0.25, 0.3) is 0 Å². The lowest BCUT2D eigenvalue weighted by Gasteiger charge is -2.56. The van der Waals surface area contributed by atoms with Crippen molar-refractivity contribution in [3.05, 3.63) is 48.0 Å². The van der Waals surface area contributed by atoms with Gasteiger partial charge in [-0.15, -0.1) is 11.6 Å². The summed E-state index contributed by atoms with van der Waals surface area (Å²) in [6, 6.07) is 3.17. The van der Waals surface area contributed by atoms with E-state index in [9.17, 15) is 14.4 Å². The molecule has 1 aromatic heterocycles. The van der Waals surface area contributed by atoms with Crippen LogP contribution in [0.15, 0.2) is 46.6 Å². The molecule has 0 N–H and O–H groups in total. The first-order valence-corrected chi connectivity index (χ1v) is 12.7. The Morgan fingerprint density at radius 2 is 2.06 bits per heavy atom. The van der Waals surface area contributed by atoms with Crippen LogP contribution in [0.5, 0.6) is 0 Å². The van der Waals surface area contributed by atoms with Gasteiger partial charge < -0.3 is 13.9 Å². The highest BCUT2D eigenvalue weighted by Crippen LogP contribution is 2.77. The average molecular weight is 485 g/mol. The number of hydrogen-bond donors (Lipinski definition) is 0. The van der Waals surface area contributed by atoms with Crippen molar-refractivity contribution in [3.8, 4) is 0 Å². The van der Waals surface area contributed by atoms with Crippen LogP contribution < -0.4 is 0 Å². The minimum Gasteiger partial charge on any atom is -0.457 e. The summed E-state index contributed by atoms with van der Waals surface area (Å²) in [5.41, 5.74) is -1.56. The van der Waals surface area contributed by atoms with Crippen molar-refractivity contribution in [1.29, 1.82) is 0 Å². The SMILES string of the molecule is CC1C[C@H]2[C@@H]3CCC4=CC(=O)C=C[C@]4(C)[C@]34OC4C[C@]2(C)[C@@]1(OC(=O)c1ccco1)C(=O)CCl. The third-order valence-corrected chi connectivity index (χ3v) is 10.2. The largest absolute Gasteiger partial charge is 0.457 e. The van der Waals surface area contributed by atoms with Gasteiger partial charge >= 0.3 is 5.97 Å². The Bertz CT molecular complexity index is 1150. The highest BCUT2D eigenvalue weighted by molar-refractivity contribution is 6.29. The molecule has 4 fully saturated rings. The highest BCUT2D eigenvalue weighted by atomic mass is 35.5. The minimum atomic E-state index is -1.35. The Balaban J connectivity index is 1.43. The van der Waals surface area contributed by atoms with E-state index in [4.69, 9.17) is 25.5 Å². The molecule has 0 amide bonds. The zero-order chi connectivity index (χ0) is 24.1. The Morgan fingerprint density at radius 1 is 1.26 bits per heavy atom. The van der Waals surface area contributed by atoms with Gasteiger partial charge in [-0.05, 0) is 68.7 Å². The van der Waals surface area contributed by atoms with Crippen LogP contribution in [0.3, 0.4) is 0 Å². The molecule has 6 rings (SSSR count). The number of allylic oxidation sites excluding steroid dienone is 2. The predicted molar refractivity (Wildman–Crippen MR) is 123 cm³/mol. The van der Waals surface area contributed by atoms with E-state index < -0.39 is 17.0 Å². The molecule has 0 bridgehead atoms. The van der Waals surface area contributed by atoms with Crippen molar-refractivity contribution in [2.24, 2.45) is 28.6 Å². The van der Waals surface area contributed by atoms with Gasteiger partial charge in [0, 0.05) is 16.7 Å². The first-order chi connectivity index (χ1) is 16.1. The second-order valence-electron chi connectivity index (χ2n) is 11.2. The zero-order valence-electron chi connectivity index (χ0n) is 19.6. The number of carbonyl (C=O) groups is 3. The number of furan rings is 1. The van der Waals surface area contributed by atoms with Crippen molar-refractivity contribution >= 4 is 29.1 Å². The van der Waals surface area contributed by atoms with E-state index in [1.54, 1.807) is 24.3 Å². The molecule has 0 aromatic carbocycles. The number of rotatable bonds is 4. The second-order valence-corrected chi connectivity index (χ2v) is 11.4. The van der Waals surface area contributed by atoms with Crippen molar-refractivity contribution in [3.63, 3.8) is 0 Å². The predicted octanol–water partition coefficient (Wildman–Crippen LogP) is 4.67. The van der Waals surface area contributed by atoms with Gasteiger partial charge in [0.2, 0.25) is 5.76 Å². The van der Waals surface area contributed by atoms with Gasteiger partial charge in [-0.3, -0.25) is 9.59 Å². The van der Waals surface area contributed by atoms with Crippen LogP contribution >= 0.6 is 11.6 Å². The van der Waals surface area contributed by atoms with Gasteiger partial charge in [-0.2, -0.15) is 0 Å². The maximum Gasteiger partial charge on any atom is 0.375 e. The number of carbonyl (C=O) groups excluding carboxylic acids is 3. The van der Waals surface area contributed by atoms with Crippen LogP contribution in [0.2, 0.25) is 0 Å². The van der Waals surface area contributed by atoms with E-state index in [0.717, 1.165) is 24.8 Å². The Morgan fingerprint density at radius 3 is 2.76 bits per heavy atom. The molecular weight excluding hydrogens is 456 g/mol. The first kappa shape index (κ1) is 22.3. The molecule has 7 heteroatoms. The quantitative estimate of drug-likeness (QED) is 0.351. The number of epoxide rings is 1. The maximum absolute atomic E-state index is 13.6. The Kier molecular flexibility index (Phi) is 4.55. The molecule has 6 nitrogen and oxygen atoms in total. The van der Waals surface area contributed by atoms with E-state index >= 15 is 0 Å². The fraction of sp³-hybridized carbons (Fsp3) is 0.593. The van der Waals surface area contributed by atoms with E-state index in [1.807, 2.05) is 13.0 Å². The van der Waals surface area contributed by atoms with E-state index in [2.05, 4.69) is 13.8 Å². The first-order valence-electron chi connectivity index (χ1n) is 12.1. The van der Waals surface area contributed by atoms with Gasteiger partial charge in [-0.1, -0.05) is 25.5 Å². The summed E-state index contributed by atoms with van der Waals surface area (Å²) in [5.74, 6) is -0.916. The fourth-order valence-corrected chi connectivity index (χ4v) is 8.73. The number of fused-ring (bicyclic) bond motifs is 3. The smallest absolute Gasteiger partial charge is 0.375 e. The standard InChI is InChI=1S/C27H29ClO6/c1-15-11-19-18-7-6-16-12-17(29)8-9-24(16,2)27(18)22(33-27)13-25(19,3)26(15,21(30)14-28)34-23(31)20-5-4-10-32-20/h4-5,8-10,12,15,18-19,22H,6-7,11,13-14H2,1-3H3/t15?,18-,19-,22?,24-,25-,26-,27-/m0/s1. The molecule has 8 atom stereocenters. The lowest BCUT2D eigenvalue weighted by atomic mass is 9.46. The number of alkyl halides is 1. The number of ketones is 2. The van der Waals surface area contributed by atoms with Crippen LogP contribution in [0.1, 0.15) is 57.0 Å². The van der Waals surface area contributed by atoms with Gasteiger partial charge in [0.1, 0.15) is 5.60 Å². The third kappa shape index (κ3) is 2.44. The van der Waals surface area contributed by atoms with Crippen LogP contribution in [-0.4, -0.2) is 40.7 Å². The molecule has 5 aliphatic rings. The number of esters is 1.